The summed E-state index contributed by atoms with van der Waals surface area (Å²) in [6.45, 7) is 0. The van der Waals surface area contributed by atoms with Gasteiger partial charge >= 0.3 is 5.97 Å². The average Bonchev–Trinajstić information content (AvgIpc) is 2.17. The predicted molar refractivity (Wildman–Crippen MR) is 52.3 cm³/mol. The van der Waals surface area contributed by atoms with Crippen LogP contribution >= 0.6 is 0 Å². The number of carboxylic acid groups (broad SMARTS) is 1. The van der Waals surface area contributed by atoms with Crippen molar-refractivity contribution < 1.29 is 9.90 Å². The molecule has 2 N–H and O–H groups in total. The Bertz CT molecular complexity index is 388. The van der Waals surface area contributed by atoms with E-state index < -0.39 is 5.97 Å². The Morgan fingerprint density at radius 2 is 2.07 bits per heavy atom. The van der Waals surface area contributed by atoms with Gasteiger partial charge in [-0.2, -0.15) is 5.26 Å². The van der Waals surface area contributed by atoms with Gasteiger partial charge < -0.3 is 5.11 Å². The zero-order valence-electron chi connectivity index (χ0n) is 7.27. The summed E-state index contributed by atoms with van der Waals surface area (Å²) in [4.78, 5) is 10.2. The lowest BCUT2D eigenvalue weighted by atomic mass is 10.2. The number of nitrogens with zero attached hydrogens (tertiary/aromatic N) is 1. The van der Waals surface area contributed by atoms with Gasteiger partial charge in [0.2, 0.25) is 0 Å². The van der Waals surface area contributed by atoms with Crippen LogP contribution in [-0.2, 0) is 4.79 Å². The van der Waals surface area contributed by atoms with Crippen LogP contribution in [0.2, 0.25) is 0 Å². The van der Waals surface area contributed by atoms with Crippen LogP contribution in [0.3, 0.4) is 0 Å². The summed E-state index contributed by atoms with van der Waals surface area (Å²) in [5.41, 5.74) is 1.45. The lowest BCUT2D eigenvalue weighted by molar-refractivity contribution is -0.131. The van der Waals surface area contributed by atoms with Crippen molar-refractivity contribution >= 4 is 17.7 Å². The summed E-state index contributed by atoms with van der Waals surface area (Å²) in [5, 5.41) is 19.1. The lowest BCUT2D eigenvalue weighted by Crippen LogP contribution is -1.87. The van der Waals surface area contributed by atoms with Crippen molar-refractivity contribution in [2.75, 3.05) is 5.32 Å². The maximum atomic E-state index is 10.2. The maximum absolute atomic E-state index is 10.2. The summed E-state index contributed by atoms with van der Waals surface area (Å²) >= 11 is 0. The van der Waals surface area contributed by atoms with Crippen LogP contribution in [0, 0.1) is 11.5 Å². The second kappa shape index (κ2) is 4.67. The minimum Gasteiger partial charge on any atom is -0.478 e. The fraction of sp³-hybridized carbons (Fsp3) is 0. The molecule has 0 saturated heterocycles. The molecule has 0 bridgehead atoms. The first-order valence-corrected chi connectivity index (χ1v) is 3.88. The topological polar surface area (TPSA) is 73.1 Å². The number of hydrogen-bond donors (Lipinski definition) is 2. The van der Waals surface area contributed by atoms with E-state index in [1.54, 1.807) is 30.5 Å². The van der Waals surface area contributed by atoms with Gasteiger partial charge in [0.1, 0.15) is 0 Å². The first kappa shape index (κ1) is 9.81. The summed E-state index contributed by atoms with van der Waals surface area (Å²) in [5.74, 6) is -0.982. The van der Waals surface area contributed by atoms with E-state index in [1.807, 2.05) is 0 Å². The van der Waals surface area contributed by atoms with Crippen LogP contribution in [0.15, 0.2) is 30.3 Å². The molecule has 14 heavy (non-hydrogen) atoms. The van der Waals surface area contributed by atoms with Crippen molar-refractivity contribution in [1.29, 1.82) is 5.26 Å². The Morgan fingerprint density at radius 1 is 1.43 bits per heavy atom. The molecule has 70 valence electrons. The van der Waals surface area contributed by atoms with Gasteiger partial charge in [0.05, 0.1) is 0 Å². The zero-order valence-corrected chi connectivity index (χ0v) is 7.27. The molecule has 0 spiro atoms. The molecule has 0 aliphatic rings. The molecule has 1 rings (SSSR count). The van der Waals surface area contributed by atoms with E-state index in [9.17, 15) is 4.79 Å². The molecule has 0 aromatic heterocycles. The molecule has 0 saturated carbocycles. The van der Waals surface area contributed by atoms with Crippen LogP contribution in [0.25, 0.3) is 6.08 Å². The molecule has 0 amide bonds. The Kier molecular flexibility index (Phi) is 3.27. The number of anilines is 1. The van der Waals surface area contributed by atoms with Crippen LogP contribution in [0.1, 0.15) is 5.56 Å². The van der Waals surface area contributed by atoms with Gasteiger partial charge in [-0.15, -0.1) is 0 Å². The Labute approximate surface area is 81.1 Å². The van der Waals surface area contributed by atoms with Crippen molar-refractivity contribution in [3.05, 3.63) is 35.9 Å². The molecule has 0 radical (unpaired) electrons. The summed E-state index contributed by atoms with van der Waals surface area (Å²) < 4.78 is 0. The number of rotatable bonds is 3. The molecule has 0 unspecified atom stereocenters. The number of nitriles is 1. The predicted octanol–water partition coefficient (Wildman–Crippen LogP) is 1.68. The van der Waals surface area contributed by atoms with E-state index in [-0.39, 0.29) is 0 Å². The van der Waals surface area contributed by atoms with Crippen molar-refractivity contribution in [2.24, 2.45) is 0 Å². The molecular weight excluding hydrogens is 180 g/mol. The van der Waals surface area contributed by atoms with E-state index >= 15 is 0 Å². The Hall–Kier alpha value is -2.28. The molecule has 0 heterocycles. The minimum absolute atomic E-state index is 0.681. The quantitative estimate of drug-likeness (QED) is 0.430. The van der Waals surface area contributed by atoms with E-state index in [4.69, 9.17) is 10.4 Å². The minimum atomic E-state index is -0.982. The fourth-order valence-electron chi connectivity index (χ4n) is 0.910. The van der Waals surface area contributed by atoms with E-state index in [2.05, 4.69) is 5.32 Å². The number of hydrogen-bond acceptors (Lipinski definition) is 3. The molecule has 0 atom stereocenters. The SMILES string of the molecule is N#CNc1ccc(/C=C/C(=O)O)cc1. The highest BCUT2D eigenvalue weighted by Crippen LogP contribution is 2.09. The third-order valence-corrected chi connectivity index (χ3v) is 1.53. The van der Waals surface area contributed by atoms with Crippen LogP contribution in [-0.4, -0.2) is 11.1 Å². The number of nitrogens with one attached hydrogen (secondary N) is 1. The summed E-state index contributed by atoms with van der Waals surface area (Å²) in [7, 11) is 0. The summed E-state index contributed by atoms with van der Waals surface area (Å²) in [6.07, 6.45) is 4.34. The third kappa shape index (κ3) is 2.99. The van der Waals surface area contributed by atoms with Gasteiger partial charge in [-0.05, 0) is 23.8 Å². The van der Waals surface area contributed by atoms with Gasteiger partial charge in [0.15, 0.2) is 6.19 Å². The molecule has 4 heteroatoms. The van der Waals surface area contributed by atoms with Crippen molar-refractivity contribution in [3.8, 4) is 6.19 Å². The van der Waals surface area contributed by atoms with Crippen molar-refractivity contribution in [1.82, 2.24) is 0 Å². The molecule has 1 aromatic carbocycles. The van der Waals surface area contributed by atoms with Crippen LogP contribution < -0.4 is 5.32 Å². The largest absolute Gasteiger partial charge is 0.478 e. The van der Waals surface area contributed by atoms with Gasteiger partial charge in [-0.3, -0.25) is 5.32 Å². The molecule has 0 aliphatic carbocycles. The Balaban J connectivity index is 2.74. The van der Waals surface area contributed by atoms with Gasteiger partial charge in [-0.25, -0.2) is 4.79 Å². The number of aliphatic carboxylic acids is 1. The first-order chi connectivity index (χ1) is 6.72. The highest BCUT2D eigenvalue weighted by Gasteiger charge is 1.91. The van der Waals surface area contributed by atoms with E-state index in [0.29, 0.717) is 5.69 Å². The maximum Gasteiger partial charge on any atom is 0.328 e. The number of carbonyl (C=O) groups is 1. The number of carboxylic acids is 1. The van der Waals surface area contributed by atoms with Gasteiger partial charge in [0.25, 0.3) is 0 Å². The van der Waals surface area contributed by atoms with Crippen LogP contribution in [0.4, 0.5) is 5.69 Å². The van der Waals surface area contributed by atoms with E-state index in [0.717, 1.165) is 11.6 Å². The lowest BCUT2D eigenvalue weighted by Gasteiger charge is -1.96. The van der Waals surface area contributed by atoms with E-state index in [1.165, 1.54) is 6.08 Å². The highest BCUT2D eigenvalue weighted by atomic mass is 16.4. The molecule has 1 aromatic rings. The second-order valence-corrected chi connectivity index (χ2v) is 2.53. The van der Waals surface area contributed by atoms with Crippen LogP contribution in [0.5, 0.6) is 0 Å². The highest BCUT2D eigenvalue weighted by molar-refractivity contribution is 5.85. The van der Waals surface area contributed by atoms with Gasteiger partial charge in [-0.1, -0.05) is 12.1 Å². The monoisotopic (exact) mass is 188 g/mol. The van der Waals surface area contributed by atoms with Crippen molar-refractivity contribution in [2.45, 2.75) is 0 Å². The molecule has 0 aliphatic heterocycles. The second-order valence-electron chi connectivity index (χ2n) is 2.53. The molecule has 0 fully saturated rings. The average molecular weight is 188 g/mol. The number of benzene rings is 1. The standard InChI is InChI=1S/C10H8N2O2/c11-7-12-9-4-1-8(2-5-9)3-6-10(13)14/h1-6,12H,(H,13,14)/b6-3+. The summed E-state index contributed by atoms with van der Waals surface area (Å²) in [6, 6.07) is 6.84. The smallest absolute Gasteiger partial charge is 0.328 e. The third-order valence-electron chi connectivity index (χ3n) is 1.53. The normalized spacial score (nSPS) is 9.64. The molecule has 4 nitrogen and oxygen atoms in total. The van der Waals surface area contributed by atoms with Crippen molar-refractivity contribution in [3.63, 3.8) is 0 Å². The Morgan fingerprint density at radius 3 is 2.57 bits per heavy atom. The molecular formula is C10H8N2O2. The fourth-order valence-corrected chi connectivity index (χ4v) is 0.910. The van der Waals surface area contributed by atoms with Gasteiger partial charge in [0, 0.05) is 11.8 Å². The zero-order chi connectivity index (χ0) is 10.4. The first-order valence-electron chi connectivity index (χ1n) is 3.88.